The number of aromatic nitrogens is 1. The first-order chi connectivity index (χ1) is 26.6. The third-order valence-electron chi connectivity index (χ3n) is 8.73. The third-order valence-corrected chi connectivity index (χ3v) is 10.6. The monoisotopic (exact) mass is 833 g/mol. The van der Waals surface area contributed by atoms with Gasteiger partial charge in [0.25, 0.3) is 11.8 Å². The minimum atomic E-state index is -4.88. The first-order valence-corrected chi connectivity index (χ1v) is 19.3. The third kappa shape index (κ3) is 10.4. The Morgan fingerprint density at radius 2 is 1.61 bits per heavy atom. The molecule has 1 saturated heterocycles. The molecule has 0 unspecified atom stereocenters. The zero-order valence-electron chi connectivity index (χ0n) is 30.6. The zero-order chi connectivity index (χ0) is 42.4. The first-order valence-electron chi connectivity index (χ1n) is 17.0. The van der Waals surface area contributed by atoms with Crippen LogP contribution in [0.4, 0.5) is 0 Å². The van der Waals surface area contributed by atoms with E-state index in [1.807, 2.05) is 0 Å². The van der Waals surface area contributed by atoms with Crippen LogP contribution in [0.3, 0.4) is 0 Å². The second kappa shape index (κ2) is 17.8. The van der Waals surface area contributed by atoms with Crippen LogP contribution < -0.4 is 5.32 Å². The van der Waals surface area contributed by atoms with Crippen molar-refractivity contribution >= 4 is 62.6 Å². The molecule has 20 nitrogen and oxygen atoms in total. The Morgan fingerprint density at radius 3 is 2.21 bits per heavy atom. The Bertz CT molecular complexity index is 2220. The Kier molecular flexibility index (Phi) is 13.6. The van der Waals surface area contributed by atoms with Crippen LogP contribution >= 0.6 is 11.3 Å². The van der Waals surface area contributed by atoms with Gasteiger partial charge in [-0.25, -0.2) is 14.1 Å². The molecule has 0 aliphatic carbocycles. The van der Waals surface area contributed by atoms with Gasteiger partial charge in [0.05, 0.1) is 36.1 Å². The van der Waals surface area contributed by atoms with E-state index in [4.69, 9.17) is 4.84 Å². The molecule has 2 aromatic carbocycles. The second-order valence-corrected chi connectivity index (χ2v) is 15.5. The predicted molar refractivity (Wildman–Crippen MR) is 198 cm³/mol. The number of hydrogen-bond donors (Lipinski definition) is 7. The van der Waals surface area contributed by atoms with Gasteiger partial charge in [0.1, 0.15) is 10.7 Å². The fourth-order valence-corrected chi connectivity index (χ4v) is 7.21. The molecular formula is C35H39N5O15S2. The number of carbonyl (C=O) groups excluding carboxylic acids is 5. The molecule has 1 fully saturated rings. The SMILES string of the molecule is C[C@@H]1[C@H](CC(=O)/C(=N\OC(C)(C)C(=O)O)c2csc(CC(=O)CN(CCCCNC(=O)c3cccc(O)c3O)C(=O)c3cccc(O)c3O)n2)C(=O)N1S(=O)(=O)O. The maximum absolute atomic E-state index is 13.5. The summed E-state index contributed by atoms with van der Waals surface area (Å²) < 4.78 is 32.6. The number of β-lactam (4-membered cyclic amide) rings is 1. The van der Waals surface area contributed by atoms with Crippen LogP contribution in [0.15, 0.2) is 46.9 Å². The van der Waals surface area contributed by atoms with Crippen molar-refractivity contribution in [3.05, 3.63) is 63.6 Å². The number of amides is 3. The van der Waals surface area contributed by atoms with Crippen molar-refractivity contribution in [2.24, 2.45) is 11.1 Å². The molecule has 1 aliphatic rings. The van der Waals surface area contributed by atoms with Crippen LogP contribution in [-0.2, 0) is 40.7 Å². The number of carboxylic acids is 1. The summed E-state index contributed by atoms with van der Waals surface area (Å²) in [5.41, 5.74) is -3.08. The summed E-state index contributed by atoms with van der Waals surface area (Å²) in [5, 5.41) is 57.1. The summed E-state index contributed by atoms with van der Waals surface area (Å²) in [6.45, 7) is 3.08. The molecule has 1 aliphatic heterocycles. The van der Waals surface area contributed by atoms with Crippen LogP contribution in [0.1, 0.15) is 71.5 Å². The Balaban J connectivity index is 1.48. The van der Waals surface area contributed by atoms with E-state index in [9.17, 15) is 67.3 Å². The Hall–Kier alpha value is -6.13. The maximum atomic E-state index is 13.5. The molecule has 57 heavy (non-hydrogen) atoms. The van der Waals surface area contributed by atoms with Crippen molar-refractivity contribution in [1.29, 1.82) is 0 Å². The number of benzene rings is 2. The molecule has 0 radical (unpaired) electrons. The van der Waals surface area contributed by atoms with Crippen molar-refractivity contribution in [2.75, 3.05) is 19.6 Å². The van der Waals surface area contributed by atoms with E-state index in [1.54, 1.807) is 0 Å². The number of Topliss-reactive ketones (excluding diaryl/α,β-unsaturated/α-hetero) is 2. The molecule has 22 heteroatoms. The number of oxime groups is 1. The van der Waals surface area contributed by atoms with Gasteiger partial charge in [-0.1, -0.05) is 17.3 Å². The number of thiazole rings is 1. The molecule has 7 N–H and O–H groups in total. The number of aliphatic carboxylic acids is 1. The minimum Gasteiger partial charge on any atom is -0.504 e. The van der Waals surface area contributed by atoms with Crippen LogP contribution in [-0.4, -0.2) is 125 Å². The summed E-state index contributed by atoms with van der Waals surface area (Å²) in [6, 6.07) is 6.52. The number of hydrogen-bond acceptors (Lipinski definition) is 16. The van der Waals surface area contributed by atoms with Crippen molar-refractivity contribution < 1.29 is 72.1 Å². The van der Waals surface area contributed by atoms with E-state index in [0.29, 0.717) is 0 Å². The molecule has 3 aromatic rings. The quantitative estimate of drug-likeness (QED) is 0.0225. The molecule has 1 aromatic heterocycles. The van der Waals surface area contributed by atoms with Gasteiger partial charge < -0.3 is 40.6 Å². The summed E-state index contributed by atoms with van der Waals surface area (Å²) in [7, 11) is -4.88. The molecule has 0 bridgehead atoms. The highest BCUT2D eigenvalue weighted by molar-refractivity contribution is 7.84. The number of nitrogens with zero attached hydrogens (tertiary/aromatic N) is 4. The van der Waals surface area contributed by atoms with Gasteiger partial charge in [0.2, 0.25) is 11.5 Å². The first kappa shape index (κ1) is 43.6. The normalized spacial score (nSPS) is 15.8. The van der Waals surface area contributed by atoms with Gasteiger partial charge in [-0.2, -0.15) is 8.42 Å². The average Bonchev–Trinajstić information content (AvgIpc) is 3.58. The lowest BCUT2D eigenvalue weighted by Gasteiger charge is -2.41. The lowest BCUT2D eigenvalue weighted by molar-refractivity contribution is -0.161. The van der Waals surface area contributed by atoms with E-state index in [-0.39, 0.29) is 52.1 Å². The number of phenolic OH excluding ortho intramolecular Hbond substituents is 4. The van der Waals surface area contributed by atoms with E-state index in [1.165, 1.54) is 42.6 Å². The van der Waals surface area contributed by atoms with Crippen LogP contribution in [0, 0.1) is 5.92 Å². The second-order valence-electron chi connectivity index (χ2n) is 13.3. The fraction of sp³-hybridized carbons (Fsp3) is 0.371. The molecule has 2 atom stereocenters. The molecule has 2 heterocycles. The Morgan fingerprint density at radius 1 is 1.00 bits per heavy atom. The summed E-state index contributed by atoms with van der Waals surface area (Å²) in [5.74, 6) is -8.96. The molecule has 0 saturated carbocycles. The molecular weight excluding hydrogens is 795 g/mol. The number of phenols is 4. The number of rotatable bonds is 19. The summed E-state index contributed by atoms with van der Waals surface area (Å²) >= 11 is 0.896. The number of ketones is 2. The smallest absolute Gasteiger partial charge is 0.362 e. The van der Waals surface area contributed by atoms with Gasteiger partial charge in [-0.3, -0.25) is 28.5 Å². The number of nitrogens with one attached hydrogen (secondary N) is 1. The predicted octanol–water partition coefficient (Wildman–Crippen LogP) is 1.62. The van der Waals surface area contributed by atoms with Gasteiger partial charge in [-0.05, 0) is 57.9 Å². The number of unbranched alkanes of at least 4 members (excludes halogenated alkanes) is 1. The van der Waals surface area contributed by atoms with Crippen molar-refractivity contribution in [1.82, 2.24) is 19.5 Å². The standard InChI is InChI=1S/C35H39N5O15S2/c1-18-22(33(49)40(18)57(52,53)54)15-26(44)28(38-55-35(2,3)34(50)51)23-17-56-27(37-23)14-19(41)16-39(32(48)21-9-7-11-25(43)30(21)46)13-5-4-12-36-31(47)20-8-6-10-24(42)29(20)45/h6-11,17-18,22,42-43,45-46H,4-5,12-16H2,1-3H3,(H,36,47)(H,50,51)(H,52,53,54)/b38-28-/t18-,22+/m1/s1. The lowest BCUT2D eigenvalue weighted by Crippen LogP contribution is -2.62. The number of carboxylic acid groups (broad SMARTS) is 1. The fourth-order valence-electron chi connectivity index (χ4n) is 5.47. The summed E-state index contributed by atoms with van der Waals surface area (Å²) in [4.78, 5) is 87.4. The largest absolute Gasteiger partial charge is 0.504 e. The number of aromatic hydroxyl groups is 4. The molecule has 0 spiro atoms. The highest BCUT2D eigenvalue weighted by Gasteiger charge is 2.51. The van der Waals surface area contributed by atoms with Crippen molar-refractivity contribution in [2.45, 2.75) is 58.1 Å². The highest BCUT2D eigenvalue weighted by atomic mass is 32.2. The van der Waals surface area contributed by atoms with E-state index < -0.39 is 111 Å². The van der Waals surface area contributed by atoms with Gasteiger partial charge >= 0.3 is 16.3 Å². The number of carbonyl (C=O) groups is 6. The molecule has 4 rings (SSSR count). The van der Waals surface area contributed by atoms with Crippen LogP contribution in [0.25, 0.3) is 0 Å². The van der Waals surface area contributed by atoms with Crippen LogP contribution in [0.2, 0.25) is 0 Å². The van der Waals surface area contributed by atoms with Gasteiger partial charge in [0, 0.05) is 24.9 Å². The highest BCUT2D eigenvalue weighted by Crippen LogP contribution is 2.33. The topological polar surface area (TPSA) is 311 Å². The van der Waals surface area contributed by atoms with Crippen molar-refractivity contribution in [3.63, 3.8) is 0 Å². The van der Waals surface area contributed by atoms with Gasteiger partial charge in [0.15, 0.2) is 40.3 Å². The van der Waals surface area contributed by atoms with E-state index in [2.05, 4.69) is 15.5 Å². The van der Waals surface area contributed by atoms with E-state index in [0.717, 1.165) is 36.2 Å². The van der Waals surface area contributed by atoms with Crippen molar-refractivity contribution in [3.8, 4) is 23.0 Å². The summed E-state index contributed by atoms with van der Waals surface area (Å²) in [6.07, 6.45) is -0.505. The Labute approximate surface area is 328 Å². The average molecular weight is 834 g/mol. The van der Waals surface area contributed by atoms with Gasteiger partial charge in [-0.15, -0.1) is 11.3 Å². The maximum Gasteiger partial charge on any atom is 0.362 e. The zero-order valence-corrected chi connectivity index (χ0v) is 32.2. The van der Waals surface area contributed by atoms with E-state index >= 15 is 0 Å². The van der Waals surface area contributed by atoms with Crippen LogP contribution in [0.5, 0.6) is 23.0 Å². The molecule has 306 valence electrons. The lowest BCUT2D eigenvalue weighted by atomic mass is 9.86. The molecule has 3 amide bonds. The minimum absolute atomic E-state index is 0.0641. The number of para-hydroxylation sites is 2.